The van der Waals surface area contributed by atoms with E-state index in [1.807, 2.05) is 13.8 Å². The van der Waals surface area contributed by atoms with Crippen molar-refractivity contribution in [1.29, 1.82) is 0 Å². The van der Waals surface area contributed by atoms with Crippen molar-refractivity contribution in [1.82, 2.24) is 9.21 Å². The predicted molar refractivity (Wildman–Crippen MR) is 85.9 cm³/mol. The third kappa shape index (κ3) is 2.14. The topological polar surface area (TPSA) is 101 Å². The number of ketones is 1. The third-order valence-electron chi connectivity index (χ3n) is 6.94. The van der Waals surface area contributed by atoms with Crippen LogP contribution in [0.4, 0.5) is 4.79 Å². The second-order valence-electron chi connectivity index (χ2n) is 8.21. The van der Waals surface area contributed by atoms with Crippen LogP contribution in [0.2, 0.25) is 0 Å². The maximum absolute atomic E-state index is 12.9. The van der Waals surface area contributed by atoms with Gasteiger partial charge in [0.1, 0.15) is 5.78 Å². The molecule has 2 saturated carbocycles. The molecule has 2 saturated heterocycles. The van der Waals surface area contributed by atoms with E-state index in [2.05, 4.69) is 4.74 Å². The summed E-state index contributed by atoms with van der Waals surface area (Å²) >= 11 is 0. The van der Waals surface area contributed by atoms with E-state index >= 15 is 0 Å². The summed E-state index contributed by atoms with van der Waals surface area (Å²) in [4.78, 5) is 36.8. The Morgan fingerprint density at radius 3 is 2.36 bits per heavy atom. The minimum absolute atomic E-state index is 0.0627. The van der Waals surface area contributed by atoms with Crippen LogP contribution < -0.4 is 0 Å². The smallest absolute Gasteiger partial charge is 0.417 e. The summed E-state index contributed by atoms with van der Waals surface area (Å²) < 4.78 is 31.7. The molecule has 9 heteroatoms. The third-order valence-corrected chi connectivity index (χ3v) is 8.88. The molecule has 4 fully saturated rings. The van der Waals surface area contributed by atoms with Gasteiger partial charge in [-0.05, 0) is 24.2 Å². The van der Waals surface area contributed by atoms with Crippen LogP contribution in [-0.2, 0) is 24.3 Å². The van der Waals surface area contributed by atoms with E-state index < -0.39 is 33.5 Å². The average Bonchev–Trinajstić information content (AvgIpc) is 2.96. The molecule has 25 heavy (non-hydrogen) atoms. The first-order chi connectivity index (χ1) is 11.6. The van der Waals surface area contributed by atoms with E-state index in [9.17, 15) is 22.8 Å². The highest BCUT2D eigenvalue weighted by Crippen LogP contribution is 2.64. The standard InChI is InChI=1S/C16H22N2O6S/c1-15(2)10-3-4-16(15,12(19)5-10)9-25(22,23)17-6-11(7-17)18-13(20)8-24-14(18)21/h10-11H,3-9H2,1-2H3. The van der Waals surface area contributed by atoms with Crippen LogP contribution in [0.3, 0.4) is 0 Å². The molecule has 2 unspecified atom stereocenters. The minimum atomic E-state index is -3.63. The lowest BCUT2D eigenvalue weighted by atomic mass is 9.70. The number of nitrogens with zero attached hydrogens (tertiary/aromatic N) is 2. The summed E-state index contributed by atoms with van der Waals surface area (Å²) in [6, 6.07) is -0.474. The molecule has 0 N–H and O–H groups in total. The quantitative estimate of drug-likeness (QED) is 0.709. The van der Waals surface area contributed by atoms with E-state index in [4.69, 9.17) is 0 Å². The molecule has 2 heterocycles. The molecule has 4 rings (SSSR count). The Bertz CT molecular complexity index is 753. The van der Waals surface area contributed by atoms with Gasteiger partial charge in [0.15, 0.2) is 6.61 Å². The number of cyclic esters (lactones) is 1. The molecule has 0 spiro atoms. The lowest BCUT2D eigenvalue weighted by Crippen LogP contribution is -2.63. The molecule has 2 amide bonds. The number of ether oxygens (including phenoxy) is 1. The zero-order chi connectivity index (χ0) is 18.2. The van der Waals surface area contributed by atoms with Crippen LogP contribution in [0.15, 0.2) is 0 Å². The van der Waals surface area contributed by atoms with Crippen molar-refractivity contribution in [2.75, 3.05) is 25.4 Å². The van der Waals surface area contributed by atoms with Crippen molar-refractivity contribution in [3.05, 3.63) is 0 Å². The monoisotopic (exact) mass is 370 g/mol. The highest BCUT2D eigenvalue weighted by atomic mass is 32.2. The summed E-state index contributed by atoms with van der Waals surface area (Å²) in [5.41, 5.74) is -1.11. The highest BCUT2D eigenvalue weighted by Gasteiger charge is 2.66. The second-order valence-corrected chi connectivity index (χ2v) is 10.2. The van der Waals surface area contributed by atoms with Crippen molar-refractivity contribution in [3.8, 4) is 0 Å². The fraction of sp³-hybridized carbons (Fsp3) is 0.812. The van der Waals surface area contributed by atoms with Gasteiger partial charge in [-0.15, -0.1) is 0 Å². The average molecular weight is 370 g/mol. The van der Waals surface area contributed by atoms with Crippen molar-refractivity contribution >= 4 is 27.8 Å². The van der Waals surface area contributed by atoms with Gasteiger partial charge in [-0.25, -0.2) is 18.1 Å². The molecule has 0 aromatic rings. The maximum Gasteiger partial charge on any atom is 0.417 e. The zero-order valence-corrected chi connectivity index (χ0v) is 15.2. The largest absolute Gasteiger partial charge is 0.439 e. The number of amides is 2. The SMILES string of the molecule is CC1(C)C2CCC1(CS(=O)(=O)N1CC(N3C(=O)COC3=O)C1)C(=O)C2. The molecule has 2 bridgehead atoms. The van der Waals surface area contributed by atoms with E-state index in [0.717, 1.165) is 11.3 Å². The number of sulfonamides is 1. The number of hydrogen-bond donors (Lipinski definition) is 0. The second kappa shape index (κ2) is 5.03. The summed E-state index contributed by atoms with van der Waals surface area (Å²) in [6.45, 7) is 3.88. The van der Waals surface area contributed by atoms with E-state index in [1.165, 1.54) is 4.31 Å². The lowest BCUT2D eigenvalue weighted by Gasteiger charge is -2.43. The number of imide groups is 1. The molecule has 2 atom stereocenters. The zero-order valence-electron chi connectivity index (χ0n) is 14.4. The van der Waals surface area contributed by atoms with Crippen LogP contribution in [0.25, 0.3) is 0 Å². The normalized spacial score (nSPS) is 35.4. The van der Waals surface area contributed by atoms with Crippen molar-refractivity contribution in [2.24, 2.45) is 16.7 Å². The van der Waals surface area contributed by atoms with Crippen molar-refractivity contribution in [2.45, 2.75) is 39.2 Å². The van der Waals surface area contributed by atoms with Gasteiger partial charge < -0.3 is 4.74 Å². The number of carbonyl (C=O) groups excluding carboxylic acids is 3. The molecule has 0 aromatic carbocycles. The number of fused-ring (bicyclic) bond motifs is 2. The first-order valence-electron chi connectivity index (χ1n) is 8.58. The van der Waals surface area contributed by atoms with E-state index in [-0.39, 0.29) is 42.6 Å². The Labute approximate surface area is 146 Å². The molecule has 2 aliphatic carbocycles. The molecule has 0 radical (unpaired) electrons. The number of carbonyl (C=O) groups is 3. The molecular weight excluding hydrogens is 348 g/mol. The molecule has 4 aliphatic rings. The van der Waals surface area contributed by atoms with Crippen molar-refractivity contribution in [3.63, 3.8) is 0 Å². The van der Waals surface area contributed by atoms with Crippen LogP contribution in [0.5, 0.6) is 0 Å². The highest BCUT2D eigenvalue weighted by molar-refractivity contribution is 7.89. The van der Waals surface area contributed by atoms with Gasteiger partial charge in [-0.3, -0.25) is 9.59 Å². The van der Waals surface area contributed by atoms with Crippen molar-refractivity contribution < 1.29 is 27.5 Å². The van der Waals surface area contributed by atoms with E-state index in [0.29, 0.717) is 12.8 Å². The summed E-state index contributed by atoms with van der Waals surface area (Å²) in [7, 11) is -3.63. The van der Waals surface area contributed by atoms with Gasteiger partial charge in [-0.1, -0.05) is 13.8 Å². The summed E-state index contributed by atoms with van der Waals surface area (Å²) in [5.74, 6) is -0.284. The van der Waals surface area contributed by atoms with Gasteiger partial charge in [0.05, 0.1) is 11.8 Å². The van der Waals surface area contributed by atoms with Crippen LogP contribution in [0, 0.1) is 16.7 Å². The van der Waals surface area contributed by atoms with Gasteiger partial charge in [0.2, 0.25) is 10.0 Å². The van der Waals surface area contributed by atoms with Crippen LogP contribution in [0.1, 0.15) is 33.1 Å². The van der Waals surface area contributed by atoms with Crippen LogP contribution in [-0.4, -0.2) is 66.9 Å². The number of rotatable bonds is 4. The Hall–Kier alpha value is -1.48. The molecule has 2 aliphatic heterocycles. The van der Waals surface area contributed by atoms with Gasteiger partial charge in [0.25, 0.3) is 5.91 Å². The molecule has 8 nitrogen and oxygen atoms in total. The fourth-order valence-corrected chi connectivity index (χ4v) is 7.32. The lowest BCUT2D eigenvalue weighted by molar-refractivity contribution is -0.129. The Balaban J connectivity index is 1.48. The number of Topliss-reactive ketones (excluding diaryl/α,β-unsaturated/α-hetero) is 1. The maximum atomic E-state index is 12.9. The number of hydrogen-bond acceptors (Lipinski definition) is 6. The van der Waals surface area contributed by atoms with Gasteiger partial charge in [0, 0.05) is 24.9 Å². The molecular formula is C16H22N2O6S. The predicted octanol–water partition coefficient (Wildman–Crippen LogP) is 0.375. The summed E-state index contributed by atoms with van der Waals surface area (Å²) in [5, 5.41) is 0. The Kier molecular flexibility index (Phi) is 3.41. The first kappa shape index (κ1) is 17.0. The fourth-order valence-electron chi connectivity index (χ4n) is 5.03. The van der Waals surface area contributed by atoms with Crippen LogP contribution >= 0.6 is 0 Å². The first-order valence-corrected chi connectivity index (χ1v) is 10.2. The molecule has 138 valence electrons. The Morgan fingerprint density at radius 2 is 1.88 bits per heavy atom. The summed E-state index contributed by atoms with van der Waals surface area (Å²) in [6.07, 6.45) is 1.28. The Morgan fingerprint density at radius 1 is 1.20 bits per heavy atom. The van der Waals surface area contributed by atoms with E-state index in [1.54, 1.807) is 0 Å². The minimum Gasteiger partial charge on any atom is -0.439 e. The van der Waals surface area contributed by atoms with Gasteiger partial charge >= 0.3 is 6.09 Å². The molecule has 0 aromatic heterocycles. The van der Waals surface area contributed by atoms with Gasteiger partial charge in [-0.2, -0.15) is 4.31 Å².